The summed E-state index contributed by atoms with van der Waals surface area (Å²) in [6.07, 6.45) is 0.346. The van der Waals surface area contributed by atoms with E-state index >= 15 is 0 Å². The topological polar surface area (TPSA) is 98.8 Å². The number of carbonyl (C=O) groups is 4. The van der Waals surface area contributed by atoms with Crippen molar-refractivity contribution in [1.29, 1.82) is 0 Å². The minimum Gasteiger partial charge on any atom is -0.354 e. The molecule has 8 heteroatoms. The lowest BCUT2D eigenvalue weighted by Gasteiger charge is -2.17. The highest BCUT2D eigenvalue weighted by Gasteiger charge is 2.36. The van der Waals surface area contributed by atoms with E-state index in [0.29, 0.717) is 13.1 Å². The molecule has 4 rings (SSSR count). The van der Waals surface area contributed by atoms with Crippen molar-refractivity contribution in [3.8, 4) is 0 Å². The maximum atomic E-state index is 12.5. The van der Waals surface area contributed by atoms with Crippen LogP contribution in [0, 0.1) is 11.8 Å². The Bertz CT molecular complexity index is 914. The smallest absolute Gasteiger partial charge is 0.227 e. The Labute approximate surface area is 186 Å². The van der Waals surface area contributed by atoms with Gasteiger partial charge in [-0.25, -0.2) is 0 Å². The molecule has 0 aliphatic carbocycles. The Kier molecular flexibility index (Phi) is 6.49. The Hall–Kier alpha value is -3.68. The van der Waals surface area contributed by atoms with Gasteiger partial charge in [0.15, 0.2) is 0 Å². The minimum atomic E-state index is -0.412. The van der Waals surface area contributed by atoms with Crippen molar-refractivity contribution in [2.24, 2.45) is 11.8 Å². The molecule has 2 fully saturated rings. The molecule has 2 aromatic rings. The molecule has 2 atom stereocenters. The Morgan fingerprint density at radius 3 is 1.44 bits per heavy atom. The van der Waals surface area contributed by atoms with Crippen molar-refractivity contribution >= 4 is 35.0 Å². The highest BCUT2D eigenvalue weighted by molar-refractivity contribution is 6.01. The lowest BCUT2D eigenvalue weighted by molar-refractivity contribution is -0.127. The second-order valence-electron chi connectivity index (χ2n) is 8.06. The first kappa shape index (κ1) is 21.5. The number of nitrogens with one attached hydrogen (secondary N) is 2. The van der Waals surface area contributed by atoms with Crippen molar-refractivity contribution in [1.82, 2.24) is 10.6 Å². The molecule has 2 aromatic carbocycles. The summed E-state index contributed by atoms with van der Waals surface area (Å²) < 4.78 is 0. The van der Waals surface area contributed by atoms with Crippen LogP contribution < -0.4 is 20.4 Å². The van der Waals surface area contributed by atoms with Crippen molar-refractivity contribution in [3.05, 3.63) is 60.7 Å². The summed E-state index contributed by atoms with van der Waals surface area (Å²) in [4.78, 5) is 52.7. The molecular formula is C24H26N4O4. The van der Waals surface area contributed by atoms with Crippen molar-refractivity contribution in [2.45, 2.75) is 12.8 Å². The molecule has 0 saturated carbocycles. The van der Waals surface area contributed by atoms with Gasteiger partial charge in [0.25, 0.3) is 0 Å². The maximum absolute atomic E-state index is 12.5. The zero-order valence-electron chi connectivity index (χ0n) is 17.7. The second kappa shape index (κ2) is 9.64. The van der Waals surface area contributed by atoms with Gasteiger partial charge in [-0.1, -0.05) is 36.4 Å². The largest absolute Gasteiger partial charge is 0.354 e. The van der Waals surface area contributed by atoms with Crippen LogP contribution in [0.4, 0.5) is 11.4 Å². The Morgan fingerprint density at radius 1 is 0.688 bits per heavy atom. The van der Waals surface area contributed by atoms with E-state index in [4.69, 9.17) is 0 Å². The van der Waals surface area contributed by atoms with Crippen LogP contribution in [-0.4, -0.2) is 49.8 Å². The highest BCUT2D eigenvalue weighted by Crippen LogP contribution is 2.26. The Balaban J connectivity index is 1.19. The molecule has 4 amide bonds. The van der Waals surface area contributed by atoms with Crippen molar-refractivity contribution in [2.75, 3.05) is 36.0 Å². The summed E-state index contributed by atoms with van der Waals surface area (Å²) in [6, 6.07) is 18.6. The first-order valence-electron chi connectivity index (χ1n) is 10.8. The van der Waals surface area contributed by atoms with E-state index in [0.717, 1.165) is 11.4 Å². The molecule has 2 aliphatic heterocycles. The number of amides is 4. The van der Waals surface area contributed by atoms with Gasteiger partial charge in [-0.15, -0.1) is 0 Å². The van der Waals surface area contributed by atoms with E-state index in [9.17, 15) is 19.2 Å². The number of anilines is 2. The van der Waals surface area contributed by atoms with Gasteiger partial charge in [0.2, 0.25) is 23.6 Å². The monoisotopic (exact) mass is 434 g/mol. The standard InChI is InChI=1S/C24H26N4O4/c29-21-13-17(15-27(21)19-7-3-1-4-8-19)23(31)25-11-12-26-24(32)18-14-22(30)28(16-18)20-9-5-2-6-10-20/h1-10,17-18H,11-16H2,(H,25,31)(H,26,32). The van der Waals surface area contributed by atoms with Crippen LogP contribution in [0.15, 0.2) is 60.7 Å². The minimum absolute atomic E-state index is 0.0708. The number of hydrogen-bond acceptors (Lipinski definition) is 4. The summed E-state index contributed by atoms with van der Waals surface area (Å²) in [6.45, 7) is 1.23. The second-order valence-corrected chi connectivity index (χ2v) is 8.06. The lowest BCUT2D eigenvalue weighted by Crippen LogP contribution is -2.40. The average molecular weight is 434 g/mol. The number of benzene rings is 2. The zero-order chi connectivity index (χ0) is 22.5. The van der Waals surface area contributed by atoms with E-state index in [1.807, 2.05) is 60.7 Å². The van der Waals surface area contributed by atoms with Crippen LogP contribution in [0.2, 0.25) is 0 Å². The van der Waals surface area contributed by atoms with Gasteiger partial charge in [0.05, 0.1) is 11.8 Å². The summed E-state index contributed by atoms with van der Waals surface area (Å²) in [7, 11) is 0. The molecule has 8 nitrogen and oxygen atoms in total. The van der Waals surface area contributed by atoms with Gasteiger partial charge in [0.1, 0.15) is 0 Å². The molecule has 2 heterocycles. The fraction of sp³-hybridized carbons (Fsp3) is 0.333. The van der Waals surface area contributed by atoms with Gasteiger partial charge in [-0.05, 0) is 24.3 Å². The van der Waals surface area contributed by atoms with E-state index < -0.39 is 11.8 Å². The summed E-state index contributed by atoms with van der Waals surface area (Å²) >= 11 is 0. The molecule has 0 spiro atoms. The third kappa shape index (κ3) is 4.80. The molecule has 32 heavy (non-hydrogen) atoms. The SMILES string of the molecule is O=C(NCCNC(=O)C1CC(=O)N(c2ccccc2)C1)C1CC(=O)N(c2ccccc2)C1. The Morgan fingerprint density at radius 2 is 1.06 bits per heavy atom. The fourth-order valence-corrected chi connectivity index (χ4v) is 4.14. The molecule has 166 valence electrons. The molecule has 0 bridgehead atoms. The quantitative estimate of drug-likeness (QED) is 0.642. The number of carbonyl (C=O) groups excluding carboxylic acids is 4. The van der Waals surface area contributed by atoms with Gasteiger partial charge >= 0.3 is 0 Å². The predicted molar refractivity (Wildman–Crippen MR) is 120 cm³/mol. The number of hydrogen-bond donors (Lipinski definition) is 2. The third-order valence-corrected chi connectivity index (χ3v) is 5.85. The van der Waals surface area contributed by atoms with Crippen LogP contribution in [0.3, 0.4) is 0 Å². The van der Waals surface area contributed by atoms with E-state index in [1.54, 1.807) is 9.80 Å². The molecule has 2 saturated heterocycles. The van der Waals surface area contributed by atoms with Crippen LogP contribution in [-0.2, 0) is 19.2 Å². The van der Waals surface area contributed by atoms with Gasteiger partial charge in [-0.2, -0.15) is 0 Å². The normalized spacial score (nSPS) is 20.5. The van der Waals surface area contributed by atoms with E-state index in [1.165, 1.54) is 0 Å². The average Bonchev–Trinajstić information content (AvgIpc) is 3.40. The van der Waals surface area contributed by atoms with Crippen LogP contribution >= 0.6 is 0 Å². The van der Waals surface area contributed by atoms with Gasteiger partial charge in [0, 0.05) is 50.4 Å². The first-order valence-corrected chi connectivity index (χ1v) is 10.8. The molecule has 2 unspecified atom stereocenters. The lowest BCUT2D eigenvalue weighted by atomic mass is 10.1. The van der Waals surface area contributed by atoms with Crippen LogP contribution in [0.1, 0.15) is 12.8 Å². The summed E-state index contributed by atoms with van der Waals surface area (Å²) in [5.41, 5.74) is 1.58. The summed E-state index contributed by atoms with van der Waals surface area (Å²) in [5, 5.41) is 5.59. The number of rotatable bonds is 7. The zero-order valence-corrected chi connectivity index (χ0v) is 17.7. The van der Waals surface area contributed by atoms with Gasteiger partial charge in [-0.3, -0.25) is 19.2 Å². The third-order valence-electron chi connectivity index (χ3n) is 5.85. The maximum Gasteiger partial charge on any atom is 0.227 e. The van der Waals surface area contributed by atoms with E-state index in [-0.39, 0.29) is 49.6 Å². The van der Waals surface area contributed by atoms with Crippen LogP contribution in [0.25, 0.3) is 0 Å². The first-order chi connectivity index (χ1) is 15.5. The molecular weight excluding hydrogens is 408 g/mol. The van der Waals surface area contributed by atoms with Crippen LogP contribution in [0.5, 0.6) is 0 Å². The highest BCUT2D eigenvalue weighted by atomic mass is 16.2. The van der Waals surface area contributed by atoms with E-state index in [2.05, 4.69) is 10.6 Å². The van der Waals surface area contributed by atoms with Crippen molar-refractivity contribution in [3.63, 3.8) is 0 Å². The van der Waals surface area contributed by atoms with Gasteiger partial charge < -0.3 is 20.4 Å². The molecule has 0 radical (unpaired) electrons. The molecule has 0 aromatic heterocycles. The predicted octanol–water partition coefficient (Wildman–Crippen LogP) is 1.33. The summed E-state index contributed by atoms with van der Waals surface area (Å²) in [5.74, 6) is -1.36. The number of para-hydroxylation sites is 2. The number of nitrogens with zero attached hydrogens (tertiary/aromatic N) is 2. The molecule has 2 N–H and O–H groups in total. The fourth-order valence-electron chi connectivity index (χ4n) is 4.14. The van der Waals surface area contributed by atoms with Crippen molar-refractivity contribution < 1.29 is 19.2 Å². The molecule has 2 aliphatic rings.